The van der Waals surface area contributed by atoms with Gasteiger partial charge in [0.1, 0.15) is 0 Å². The van der Waals surface area contributed by atoms with Crippen LogP contribution in [0.5, 0.6) is 11.5 Å². The number of rotatable bonds is 9. The summed E-state index contributed by atoms with van der Waals surface area (Å²) in [6.45, 7) is -2.49. The van der Waals surface area contributed by atoms with Crippen LogP contribution in [0.4, 0.5) is 8.78 Å². The van der Waals surface area contributed by atoms with Gasteiger partial charge in [-0.25, -0.2) is 0 Å². The molecule has 29 heavy (non-hydrogen) atoms. The third kappa shape index (κ3) is 4.71. The molecule has 1 aromatic heterocycles. The number of hydrogen-bond donors (Lipinski definition) is 1. The Morgan fingerprint density at radius 1 is 1.14 bits per heavy atom. The number of halogens is 2. The zero-order valence-electron chi connectivity index (χ0n) is 15.8. The van der Waals surface area contributed by atoms with E-state index in [1.807, 2.05) is 18.2 Å². The van der Waals surface area contributed by atoms with Gasteiger partial charge in [-0.2, -0.15) is 13.8 Å². The molecule has 6 nitrogen and oxygen atoms in total. The van der Waals surface area contributed by atoms with Gasteiger partial charge in [0, 0.05) is 11.6 Å². The van der Waals surface area contributed by atoms with Gasteiger partial charge in [-0.1, -0.05) is 35.5 Å². The van der Waals surface area contributed by atoms with E-state index in [9.17, 15) is 8.78 Å². The summed E-state index contributed by atoms with van der Waals surface area (Å²) in [6.07, 6.45) is 2.41. The van der Waals surface area contributed by atoms with Crippen LogP contribution in [0.15, 0.2) is 53.1 Å². The number of ether oxygens (including phenoxy) is 2. The highest BCUT2D eigenvalue weighted by atomic mass is 19.3. The van der Waals surface area contributed by atoms with E-state index in [0.717, 1.165) is 0 Å². The van der Waals surface area contributed by atoms with Crippen molar-refractivity contribution in [3.8, 4) is 22.9 Å². The third-order valence-electron chi connectivity index (χ3n) is 4.83. The fourth-order valence-corrected chi connectivity index (χ4v) is 3.29. The predicted octanol–water partition coefficient (Wildman–Crippen LogP) is 4.59. The van der Waals surface area contributed by atoms with Crippen molar-refractivity contribution in [1.29, 1.82) is 0 Å². The highest BCUT2D eigenvalue weighted by Crippen LogP contribution is 2.41. The normalized spacial score (nSPS) is 14.8. The summed E-state index contributed by atoms with van der Waals surface area (Å²) >= 11 is 0. The summed E-state index contributed by atoms with van der Waals surface area (Å²) in [5.74, 6) is 1.54. The monoisotopic (exact) mass is 401 g/mol. The SMILES string of the molecule is COc1cc(-c2noc(CNC(c3ccccc3)C3CC3)n2)ccc1OC(F)F. The molecule has 0 radical (unpaired) electrons. The first-order valence-corrected chi connectivity index (χ1v) is 9.38. The van der Waals surface area contributed by atoms with E-state index in [2.05, 4.69) is 32.3 Å². The van der Waals surface area contributed by atoms with Gasteiger partial charge in [0.05, 0.1) is 13.7 Å². The largest absolute Gasteiger partial charge is 0.493 e. The lowest BCUT2D eigenvalue weighted by atomic mass is 10.0. The van der Waals surface area contributed by atoms with E-state index in [0.29, 0.717) is 29.7 Å². The number of hydrogen-bond acceptors (Lipinski definition) is 6. The second-order valence-corrected chi connectivity index (χ2v) is 6.86. The summed E-state index contributed by atoms with van der Waals surface area (Å²) in [5.41, 5.74) is 1.83. The fourth-order valence-electron chi connectivity index (χ4n) is 3.29. The minimum atomic E-state index is -2.93. The molecule has 0 saturated heterocycles. The summed E-state index contributed by atoms with van der Waals surface area (Å²) in [5, 5.41) is 7.50. The van der Waals surface area contributed by atoms with E-state index in [1.165, 1.54) is 37.6 Å². The van der Waals surface area contributed by atoms with Gasteiger partial charge in [-0.15, -0.1) is 0 Å². The molecule has 4 rings (SSSR count). The Kier molecular flexibility index (Phi) is 5.71. The topological polar surface area (TPSA) is 69.4 Å². The van der Waals surface area contributed by atoms with Crippen molar-refractivity contribution in [2.45, 2.75) is 32.0 Å². The highest BCUT2D eigenvalue weighted by Gasteiger charge is 2.32. The molecule has 1 atom stereocenters. The average molecular weight is 401 g/mol. The molecular formula is C21H21F2N3O3. The molecule has 0 amide bonds. The summed E-state index contributed by atoms with van der Waals surface area (Å²) in [4.78, 5) is 4.41. The lowest BCUT2D eigenvalue weighted by Crippen LogP contribution is -2.22. The van der Waals surface area contributed by atoms with Crippen LogP contribution in [0.1, 0.15) is 30.3 Å². The van der Waals surface area contributed by atoms with Crippen molar-refractivity contribution in [2.24, 2.45) is 5.92 Å². The van der Waals surface area contributed by atoms with Crippen LogP contribution in [0.3, 0.4) is 0 Å². The lowest BCUT2D eigenvalue weighted by molar-refractivity contribution is -0.0512. The van der Waals surface area contributed by atoms with Crippen LogP contribution < -0.4 is 14.8 Å². The molecule has 0 bridgehead atoms. The Morgan fingerprint density at radius 3 is 2.62 bits per heavy atom. The minimum Gasteiger partial charge on any atom is -0.493 e. The van der Waals surface area contributed by atoms with Crippen LogP contribution in [0.2, 0.25) is 0 Å². The van der Waals surface area contributed by atoms with Crippen molar-refractivity contribution in [2.75, 3.05) is 7.11 Å². The van der Waals surface area contributed by atoms with Gasteiger partial charge in [-0.3, -0.25) is 0 Å². The van der Waals surface area contributed by atoms with Crippen LogP contribution in [0, 0.1) is 5.92 Å². The molecule has 152 valence electrons. The zero-order chi connectivity index (χ0) is 20.2. The van der Waals surface area contributed by atoms with Gasteiger partial charge < -0.3 is 19.3 Å². The number of alkyl halides is 2. The Balaban J connectivity index is 1.45. The maximum absolute atomic E-state index is 12.5. The summed E-state index contributed by atoms with van der Waals surface area (Å²) in [7, 11) is 1.38. The van der Waals surface area contributed by atoms with E-state index in [-0.39, 0.29) is 17.5 Å². The first-order chi connectivity index (χ1) is 14.1. The molecule has 8 heteroatoms. The van der Waals surface area contributed by atoms with E-state index >= 15 is 0 Å². The Bertz CT molecular complexity index is 945. The molecule has 1 aliphatic rings. The van der Waals surface area contributed by atoms with Crippen LogP contribution in [-0.2, 0) is 6.54 Å². The number of methoxy groups -OCH3 is 1. The first kappa shape index (κ1) is 19.3. The average Bonchev–Trinajstić information content (AvgIpc) is 3.46. The fraction of sp³-hybridized carbons (Fsp3) is 0.333. The van der Waals surface area contributed by atoms with Crippen LogP contribution in [-0.4, -0.2) is 23.9 Å². The quantitative estimate of drug-likeness (QED) is 0.566. The molecule has 0 spiro atoms. The molecule has 0 aliphatic heterocycles. The predicted molar refractivity (Wildman–Crippen MR) is 102 cm³/mol. The summed E-state index contributed by atoms with van der Waals surface area (Å²) < 4.78 is 39.9. The Morgan fingerprint density at radius 2 is 1.93 bits per heavy atom. The van der Waals surface area contributed by atoms with Gasteiger partial charge in [0.25, 0.3) is 0 Å². The van der Waals surface area contributed by atoms with Gasteiger partial charge in [0.2, 0.25) is 11.7 Å². The molecule has 2 aromatic carbocycles. The van der Waals surface area contributed by atoms with Crippen molar-refractivity contribution in [1.82, 2.24) is 15.5 Å². The second-order valence-electron chi connectivity index (χ2n) is 6.86. The van der Waals surface area contributed by atoms with Gasteiger partial charge in [0.15, 0.2) is 11.5 Å². The van der Waals surface area contributed by atoms with E-state index in [4.69, 9.17) is 9.26 Å². The van der Waals surface area contributed by atoms with Gasteiger partial charge in [-0.05, 0) is 42.5 Å². The number of nitrogens with zero attached hydrogens (tertiary/aromatic N) is 2. The first-order valence-electron chi connectivity index (χ1n) is 9.38. The van der Waals surface area contributed by atoms with E-state index < -0.39 is 6.61 Å². The molecule has 3 aromatic rings. The number of nitrogens with one attached hydrogen (secondary N) is 1. The Labute approximate surface area is 166 Å². The lowest BCUT2D eigenvalue weighted by Gasteiger charge is -2.17. The smallest absolute Gasteiger partial charge is 0.387 e. The third-order valence-corrected chi connectivity index (χ3v) is 4.83. The van der Waals surface area contributed by atoms with Crippen molar-refractivity contribution >= 4 is 0 Å². The molecular weight excluding hydrogens is 380 g/mol. The van der Waals surface area contributed by atoms with E-state index in [1.54, 1.807) is 6.07 Å². The van der Waals surface area contributed by atoms with Gasteiger partial charge >= 0.3 is 6.61 Å². The van der Waals surface area contributed by atoms with Crippen LogP contribution >= 0.6 is 0 Å². The molecule has 1 unspecified atom stereocenters. The molecule has 1 heterocycles. The maximum atomic E-state index is 12.5. The molecule has 1 N–H and O–H groups in total. The molecule has 1 fully saturated rings. The molecule has 1 saturated carbocycles. The van der Waals surface area contributed by atoms with Crippen molar-refractivity contribution < 1.29 is 22.8 Å². The Hall–Kier alpha value is -3.00. The second kappa shape index (κ2) is 8.57. The van der Waals surface area contributed by atoms with Crippen LogP contribution in [0.25, 0.3) is 11.4 Å². The van der Waals surface area contributed by atoms with Crippen molar-refractivity contribution in [3.05, 3.63) is 60.0 Å². The minimum absolute atomic E-state index is 0.0493. The van der Waals surface area contributed by atoms with Crippen molar-refractivity contribution in [3.63, 3.8) is 0 Å². The number of aromatic nitrogens is 2. The molecule has 1 aliphatic carbocycles. The standard InChI is InChI=1S/C21H21F2N3O3/c1-27-17-11-15(9-10-16(17)28-21(22)23)20-25-18(29-26-20)12-24-19(14-7-8-14)13-5-3-2-4-6-13/h2-6,9-11,14,19,21,24H,7-8,12H2,1H3. The summed E-state index contributed by atoms with van der Waals surface area (Å²) in [6, 6.07) is 15.1. The zero-order valence-corrected chi connectivity index (χ0v) is 15.8. The highest BCUT2D eigenvalue weighted by molar-refractivity contribution is 5.60. The maximum Gasteiger partial charge on any atom is 0.387 e. The number of benzene rings is 2.